The van der Waals surface area contributed by atoms with Gasteiger partial charge in [0.2, 0.25) is 0 Å². The summed E-state index contributed by atoms with van der Waals surface area (Å²) in [5.74, 6) is -0.0411. The molecule has 1 amide bonds. The highest BCUT2D eigenvalue weighted by Crippen LogP contribution is 2.14. The Bertz CT molecular complexity index is 544. The maximum Gasteiger partial charge on any atom is 0.251 e. The van der Waals surface area contributed by atoms with Crippen LogP contribution in [0.5, 0.6) is 0 Å². The van der Waals surface area contributed by atoms with E-state index in [4.69, 9.17) is 0 Å². The predicted octanol–water partition coefficient (Wildman–Crippen LogP) is 2.23. The molecule has 0 atom stereocenters. The molecule has 0 fully saturated rings. The summed E-state index contributed by atoms with van der Waals surface area (Å²) in [4.78, 5) is 21.3. The molecule has 0 radical (unpaired) electrons. The first kappa shape index (κ1) is 15.1. The Hall–Kier alpha value is -2.30. The van der Waals surface area contributed by atoms with Crippen molar-refractivity contribution in [1.29, 1.82) is 0 Å². The molecule has 1 aromatic heterocycles. The molecule has 0 unspecified atom stereocenters. The summed E-state index contributed by atoms with van der Waals surface area (Å²) >= 11 is 0. The molecule has 2 N–H and O–H groups in total. The number of carbonyl (C=O) groups is 1. The highest BCUT2D eigenvalue weighted by Gasteiger charge is 2.07. The van der Waals surface area contributed by atoms with Crippen LogP contribution in [0, 0.1) is 0 Å². The van der Waals surface area contributed by atoms with Crippen LogP contribution in [-0.4, -0.2) is 35.5 Å². The fraction of sp³-hybridized carbons (Fsp3) is 0.375. The first-order valence-electron chi connectivity index (χ1n) is 7.35. The number of aromatic nitrogens is 2. The van der Waals surface area contributed by atoms with Crippen LogP contribution in [0.3, 0.4) is 0 Å². The van der Waals surface area contributed by atoms with Gasteiger partial charge in [0.15, 0.2) is 0 Å². The molecular weight excluding hydrogens is 264 g/mol. The molecule has 1 heterocycles. The molecule has 0 aliphatic rings. The van der Waals surface area contributed by atoms with Crippen LogP contribution in [0.15, 0.2) is 36.8 Å². The zero-order chi connectivity index (χ0) is 15.1. The molecule has 2 rings (SSSR count). The van der Waals surface area contributed by atoms with E-state index in [1.54, 1.807) is 12.5 Å². The summed E-state index contributed by atoms with van der Waals surface area (Å²) in [6.07, 6.45) is 4.16. The van der Waals surface area contributed by atoms with E-state index in [0.717, 1.165) is 30.9 Å². The van der Waals surface area contributed by atoms with Crippen LogP contribution >= 0.6 is 0 Å². The van der Waals surface area contributed by atoms with Crippen LogP contribution in [0.25, 0.3) is 0 Å². The maximum absolute atomic E-state index is 12.0. The van der Waals surface area contributed by atoms with Gasteiger partial charge in [-0.2, -0.15) is 0 Å². The van der Waals surface area contributed by atoms with Crippen molar-refractivity contribution in [2.24, 2.45) is 0 Å². The maximum atomic E-state index is 12.0. The van der Waals surface area contributed by atoms with E-state index in [1.807, 2.05) is 24.3 Å². The van der Waals surface area contributed by atoms with Gasteiger partial charge >= 0.3 is 0 Å². The second kappa shape index (κ2) is 7.47. The Morgan fingerprint density at radius 3 is 2.52 bits per heavy atom. The number of imidazole rings is 1. The Kier molecular flexibility index (Phi) is 5.37. The third-order valence-corrected chi connectivity index (χ3v) is 3.49. The predicted molar refractivity (Wildman–Crippen MR) is 84.6 cm³/mol. The average Bonchev–Trinajstić information content (AvgIpc) is 3.02. The molecule has 112 valence electrons. The lowest BCUT2D eigenvalue weighted by Gasteiger charge is -2.21. The number of amides is 1. The highest BCUT2D eigenvalue weighted by atomic mass is 16.1. The molecule has 0 spiro atoms. The number of aromatic amines is 1. The van der Waals surface area contributed by atoms with Crippen molar-refractivity contribution in [2.75, 3.05) is 24.5 Å². The molecule has 21 heavy (non-hydrogen) atoms. The van der Waals surface area contributed by atoms with Crippen molar-refractivity contribution in [2.45, 2.75) is 20.3 Å². The fourth-order valence-electron chi connectivity index (χ4n) is 2.25. The van der Waals surface area contributed by atoms with E-state index in [-0.39, 0.29) is 5.91 Å². The van der Waals surface area contributed by atoms with Crippen molar-refractivity contribution in [3.8, 4) is 0 Å². The number of nitrogens with one attached hydrogen (secondary N) is 2. The summed E-state index contributed by atoms with van der Waals surface area (Å²) < 4.78 is 0. The summed E-state index contributed by atoms with van der Waals surface area (Å²) in [6.45, 7) is 6.77. The number of benzene rings is 1. The zero-order valence-electron chi connectivity index (χ0n) is 12.6. The molecule has 0 aliphatic heterocycles. The van der Waals surface area contributed by atoms with Crippen LogP contribution in [0.2, 0.25) is 0 Å². The van der Waals surface area contributed by atoms with Gasteiger partial charge in [0.05, 0.1) is 6.33 Å². The van der Waals surface area contributed by atoms with Gasteiger partial charge in [-0.15, -0.1) is 0 Å². The molecule has 2 aromatic rings. The first-order valence-corrected chi connectivity index (χ1v) is 7.35. The van der Waals surface area contributed by atoms with Gasteiger partial charge in [-0.25, -0.2) is 4.98 Å². The third kappa shape index (κ3) is 4.08. The highest BCUT2D eigenvalue weighted by molar-refractivity contribution is 5.94. The van der Waals surface area contributed by atoms with Crippen molar-refractivity contribution in [3.05, 3.63) is 48.0 Å². The van der Waals surface area contributed by atoms with Gasteiger partial charge in [-0.1, -0.05) is 0 Å². The zero-order valence-corrected chi connectivity index (χ0v) is 12.6. The van der Waals surface area contributed by atoms with E-state index in [1.165, 1.54) is 0 Å². The topological polar surface area (TPSA) is 61.0 Å². The number of carbonyl (C=O) groups excluding carboxylic acids is 1. The van der Waals surface area contributed by atoms with Crippen LogP contribution in [0.4, 0.5) is 5.69 Å². The van der Waals surface area contributed by atoms with Gasteiger partial charge in [-0.05, 0) is 38.1 Å². The van der Waals surface area contributed by atoms with Crippen molar-refractivity contribution in [1.82, 2.24) is 15.3 Å². The molecule has 1 aromatic carbocycles. The minimum Gasteiger partial charge on any atom is -0.372 e. The first-order chi connectivity index (χ1) is 10.2. The number of H-pyrrole nitrogens is 1. The average molecular weight is 286 g/mol. The largest absolute Gasteiger partial charge is 0.372 e. The van der Waals surface area contributed by atoms with E-state index in [2.05, 4.69) is 34.0 Å². The smallest absolute Gasteiger partial charge is 0.251 e. The summed E-state index contributed by atoms with van der Waals surface area (Å²) in [7, 11) is 0. The third-order valence-electron chi connectivity index (χ3n) is 3.49. The Morgan fingerprint density at radius 2 is 1.95 bits per heavy atom. The van der Waals surface area contributed by atoms with Crippen molar-refractivity contribution >= 4 is 11.6 Å². The second-order valence-electron chi connectivity index (χ2n) is 4.80. The molecule has 0 saturated heterocycles. The minimum absolute atomic E-state index is 0.0411. The SMILES string of the molecule is CCN(CC)c1ccc(C(=O)NCCc2cnc[nH]2)cc1. The van der Waals surface area contributed by atoms with Crippen LogP contribution in [-0.2, 0) is 6.42 Å². The van der Waals surface area contributed by atoms with Crippen LogP contribution in [0.1, 0.15) is 29.9 Å². The number of anilines is 1. The summed E-state index contributed by atoms with van der Waals surface area (Å²) in [6, 6.07) is 7.74. The molecule has 5 nitrogen and oxygen atoms in total. The lowest BCUT2D eigenvalue weighted by atomic mass is 10.1. The van der Waals surface area contributed by atoms with E-state index < -0.39 is 0 Å². The van der Waals surface area contributed by atoms with Gasteiger partial charge in [0.25, 0.3) is 5.91 Å². The molecular formula is C16H22N4O. The summed E-state index contributed by atoms with van der Waals surface area (Å²) in [5, 5.41) is 2.91. The van der Waals surface area contributed by atoms with Gasteiger partial charge < -0.3 is 15.2 Å². The lowest BCUT2D eigenvalue weighted by Crippen LogP contribution is -2.26. The number of rotatable bonds is 7. The fourth-order valence-corrected chi connectivity index (χ4v) is 2.25. The van der Waals surface area contributed by atoms with E-state index >= 15 is 0 Å². The Labute approximate surface area is 125 Å². The normalized spacial score (nSPS) is 10.4. The van der Waals surface area contributed by atoms with Crippen molar-refractivity contribution < 1.29 is 4.79 Å². The molecule has 5 heteroatoms. The lowest BCUT2D eigenvalue weighted by molar-refractivity contribution is 0.0954. The second-order valence-corrected chi connectivity index (χ2v) is 4.80. The van der Waals surface area contributed by atoms with Gasteiger partial charge in [-0.3, -0.25) is 4.79 Å². The number of nitrogens with zero attached hydrogens (tertiary/aromatic N) is 2. The number of hydrogen-bond donors (Lipinski definition) is 2. The van der Waals surface area contributed by atoms with E-state index in [9.17, 15) is 4.79 Å². The molecule has 0 saturated carbocycles. The van der Waals surface area contributed by atoms with E-state index in [0.29, 0.717) is 12.1 Å². The van der Waals surface area contributed by atoms with Crippen LogP contribution < -0.4 is 10.2 Å². The molecule has 0 aliphatic carbocycles. The Morgan fingerprint density at radius 1 is 1.24 bits per heavy atom. The number of hydrogen-bond acceptors (Lipinski definition) is 3. The summed E-state index contributed by atoms with van der Waals surface area (Å²) in [5.41, 5.74) is 2.86. The quantitative estimate of drug-likeness (QED) is 0.820. The van der Waals surface area contributed by atoms with Gasteiger partial charge in [0.1, 0.15) is 0 Å². The standard InChI is InChI=1S/C16H22N4O/c1-3-20(4-2)15-7-5-13(6-8-15)16(21)18-10-9-14-11-17-12-19-14/h5-8,11-12H,3-4,9-10H2,1-2H3,(H,17,19)(H,18,21). The Balaban J connectivity index is 1.87. The molecule has 0 bridgehead atoms. The van der Waals surface area contributed by atoms with Crippen molar-refractivity contribution in [3.63, 3.8) is 0 Å². The minimum atomic E-state index is -0.0411. The monoisotopic (exact) mass is 286 g/mol. The van der Waals surface area contributed by atoms with Gasteiger partial charge in [0, 0.05) is 49.2 Å².